The molecule has 0 radical (unpaired) electrons. The first-order valence-electron chi connectivity index (χ1n) is 4.94. The van der Waals surface area contributed by atoms with Crippen molar-refractivity contribution in [3.05, 3.63) is 41.2 Å². The van der Waals surface area contributed by atoms with Gasteiger partial charge in [0.1, 0.15) is 5.82 Å². The van der Waals surface area contributed by atoms with Gasteiger partial charge in [-0.25, -0.2) is 4.39 Å². The van der Waals surface area contributed by atoms with Crippen LogP contribution < -0.4 is 5.73 Å². The van der Waals surface area contributed by atoms with Crippen LogP contribution in [-0.2, 0) is 16.0 Å². The van der Waals surface area contributed by atoms with Crippen molar-refractivity contribution >= 4 is 18.0 Å². The minimum Gasteiger partial charge on any atom is -0.481 e. The molecule has 0 aliphatic rings. The number of carbonyl (C=O) groups is 2. The van der Waals surface area contributed by atoms with E-state index in [-0.39, 0.29) is 12.8 Å². The summed E-state index contributed by atoms with van der Waals surface area (Å²) in [4.78, 5) is 20.9. The lowest BCUT2D eigenvalue weighted by Gasteiger charge is -2.00. The predicted molar refractivity (Wildman–Crippen MR) is 60.6 cm³/mol. The standard InChI is InChI=1S/C12H12FNO3/c13-10-6-8(7-12(16)17)4-5-9(10)2-1-3-11(14)15/h1-2,4-6H,3,7H2,(H2,14,15)(H,16,17). The zero-order valence-corrected chi connectivity index (χ0v) is 9.02. The zero-order chi connectivity index (χ0) is 12.8. The molecule has 5 heteroatoms. The molecule has 1 amide bonds. The zero-order valence-electron chi connectivity index (χ0n) is 9.02. The van der Waals surface area contributed by atoms with Crippen molar-refractivity contribution in [1.82, 2.24) is 0 Å². The summed E-state index contributed by atoms with van der Waals surface area (Å²) in [7, 11) is 0. The Labute approximate surface area is 97.6 Å². The van der Waals surface area contributed by atoms with Crippen LogP contribution in [0.1, 0.15) is 17.5 Å². The van der Waals surface area contributed by atoms with Gasteiger partial charge in [0.25, 0.3) is 0 Å². The molecule has 0 saturated heterocycles. The Morgan fingerprint density at radius 3 is 2.65 bits per heavy atom. The number of carboxylic acid groups (broad SMARTS) is 1. The van der Waals surface area contributed by atoms with Crippen LogP contribution in [0.4, 0.5) is 4.39 Å². The normalized spacial score (nSPS) is 10.6. The molecular weight excluding hydrogens is 225 g/mol. The molecule has 0 spiro atoms. The van der Waals surface area contributed by atoms with Crippen LogP contribution in [-0.4, -0.2) is 17.0 Å². The van der Waals surface area contributed by atoms with E-state index < -0.39 is 17.7 Å². The number of aliphatic carboxylic acids is 1. The lowest BCUT2D eigenvalue weighted by atomic mass is 10.1. The van der Waals surface area contributed by atoms with Crippen LogP contribution in [0, 0.1) is 5.82 Å². The SMILES string of the molecule is NC(=O)CC=Cc1ccc(CC(=O)O)cc1F. The average molecular weight is 237 g/mol. The fourth-order valence-corrected chi connectivity index (χ4v) is 1.29. The third-order valence-electron chi connectivity index (χ3n) is 2.04. The Balaban J connectivity index is 2.79. The van der Waals surface area contributed by atoms with Crippen molar-refractivity contribution in [3.63, 3.8) is 0 Å². The molecule has 4 nitrogen and oxygen atoms in total. The van der Waals surface area contributed by atoms with Gasteiger partial charge in [0.05, 0.1) is 6.42 Å². The maximum atomic E-state index is 13.5. The molecule has 3 N–H and O–H groups in total. The monoisotopic (exact) mass is 237 g/mol. The molecule has 0 unspecified atom stereocenters. The van der Waals surface area contributed by atoms with Crippen LogP contribution >= 0.6 is 0 Å². The summed E-state index contributed by atoms with van der Waals surface area (Å²) >= 11 is 0. The lowest BCUT2D eigenvalue weighted by Crippen LogP contribution is -2.07. The van der Waals surface area contributed by atoms with Gasteiger partial charge < -0.3 is 10.8 Å². The Morgan fingerprint density at radius 1 is 1.41 bits per heavy atom. The summed E-state index contributed by atoms with van der Waals surface area (Å²) in [5, 5.41) is 8.54. The number of hydrogen-bond donors (Lipinski definition) is 2. The molecular formula is C12H12FNO3. The van der Waals surface area contributed by atoms with E-state index in [0.717, 1.165) is 6.07 Å². The number of halogens is 1. The van der Waals surface area contributed by atoms with Crippen molar-refractivity contribution in [2.24, 2.45) is 5.73 Å². The lowest BCUT2D eigenvalue weighted by molar-refractivity contribution is -0.136. The molecule has 0 fully saturated rings. The molecule has 0 aliphatic heterocycles. The number of primary amides is 1. The van der Waals surface area contributed by atoms with Crippen molar-refractivity contribution in [3.8, 4) is 0 Å². The molecule has 1 rings (SSSR count). The highest BCUT2D eigenvalue weighted by Crippen LogP contribution is 2.13. The van der Waals surface area contributed by atoms with Crippen molar-refractivity contribution < 1.29 is 19.1 Å². The summed E-state index contributed by atoms with van der Waals surface area (Å²) in [6.07, 6.45) is 2.71. The van der Waals surface area contributed by atoms with Gasteiger partial charge in [-0.05, 0) is 11.6 Å². The average Bonchev–Trinajstić information content (AvgIpc) is 2.20. The van der Waals surface area contributed by atoms with Crippen LogP contribution in [0.3, 0.4) is 0 Å². The Bertz CT molecular complexity index is 469. The molecule has 17 heavy (non-hydrogen) atoms. The fourth-order valence-electron chi connectivity index (χ4n) is 1.29. The highest BCUT2D eigenvalue weighted by molar-refractivity contribution is 5.76. The van der Waals surface area contributed by atoms with Crippen molar-refractivity contribution in [1.29, 1.82) is 0 Å². The Kier molecular flexibility index (Phi) is 4.39. The molecule has 1 aromatic carbocycles. The van der Waals surface area contributed by atoms with Crippen LogP contribution in [0.2, 0.25) is 0 Å². The molecule has 0 saturated carbocycles. The van der Waals surface area contributed by atoms with Gasteiger partial charge in [-0.2, -0.15) is 0 Å². The summed E-state index contributed by atoms with van der Waals surface area (Å²) in [5.41, 5.74) is 5.61. The second-order valence-corrected chi connectivity index (χ2v) is 3.50. The van der Waals surface area contributed by atoms with Crippen molar-refractivity contribution in [2.75, 3.05) is 0 Å². The molecule has 90 valence electrons. The van der Waals surface area contributed by atoms with E-state index in [0.29, 0.717) is 11.1 Å². The molecule has 1 aromatic rings. The van der Waals surface area contributed by atoms with Crippen LogP contribution in [0.15, 0.2) is 24.3 Å². The Hall–Kier alpha value is -2.17. The van der Waals surface area contributed by atoms with Gasteiger partial charge in [-0.15, -0.1) is 0 Å². The van der Waals surface area contributed by atoms with Crippen LogP contribution in [0.25, 0.3) is 6.08 Å². The smallest absolute Gasteiger partial charge is 0.307 e. The molecule has 0 bridgehead atoms. The van der Waals surface area contributed by atoms with Gasteiger partial charge >= 0.3 is 5.97 Å². The molecule has 0 aliphatic carbocycles. The van der Waals surface area contributed by atoms with Gasteiger partial charge in [-0.1, -0.05) is 24.3 Å². The number of nitrogens with two attached hydrogens (primary N) is 1. The van der Waals surface area contributed by atoms with Gasteiger partial charge in [-0.3, -0.25) is 9.59 Å². The second kappa shape index (κ2) is 5.79. The number of rotatable bonds is 5. The van der Waals surface area contributed by atoms with E-state index >= 15 is 0 Å². The van der Waals surface area contributed by atoms with Gasteiger partial charge in [0.15, 0.2) is 0 Å². The van der Waals surface area contributed by atoms with Crippen molar-refractivity contribution in [2.45, 2.75) is 12.8 Å². The number of hydrogen-bond acceptors (Lipinski definition) is 2. The first kappa shape index (κ1) is 12.9. The molecule has 0 aromatic heterocycles. The highest BCUT2D eigenvalue weighted by Gasteiger charge is 2.04. The summed E-state index contributed by atoms with van der Waals surface area (Å²) in [5.74, 6) is -2.03. The van der Waals surface area contributed by atoms with Crippen LogP contribution in [0.5, 0.6) is 0 Å². The Morgan fingerprint density at radius 2 is 2.12 bits per heavy atom. The minimum atomic E-state index is -1.01. The largest absolute Gasteiger partial charge is 0.481 e. The summed E-state index contributed by atoms with van der Waals surface area (Å²) in [6, 6.07) is 4.16. The van der Waals surface area contributed by atoms with E-state index in [1.807, 2.05) is 0 Å². The number of carbonyl (C=O) groups excluding carboxylic acids is 1. The third-order valence-corrected chi connectivity index (χ3v) is 2.04. The van der Waals surface area contributed by atoms with E-state index in [2.05, 4.69) is 0 Å². The van der Waals surface area contributed by atoms with E-state index in [9.17, 15) is 14.0 Å². The van der Waals surface area contributed by atoms with Gasteiger partial charge in [0.2, 0.25) is 5.91 Å². The molecule has 0 heterocycles. The van der Waals surface area contributed by atoms with E-state index in [1.165, 1.54) is 24.3 Å². The maximum Gasteiger partial charge on any atom is 0.307 e. The summed E-state index contributed by atoms with van der Waals surface area (Å²) < 4.78 is 13.5. The number of benzene rings is 1. The quantitative estimate of drug-likeness (QED) is 0.810. The fraction of sp³-hybridized carbons (Fsp3) is 0.167. The van der Waals surface area contributed by atoms with Gasteiger partial charge in [0, 0.05) is 12.0 Å². The topological polar surface area (TPSA) is 80.4 Å². The summed E-state index contributed by atoms with van der Waals surface area (Å²) in [6.45, 7) is 0. The number of carboxylic acids is 1. The van der Waals surface area contributed by atoms with E-state index in [4.69, 9.17) is 10.8 Å². The maximum absolute atomic E-state index is 13.5. The second-order valence-electron chi connectivity index (χ2n) is 3.50. The third kappa shape index (κ3) is 4.46. The first-order chi connectivity index (χ1) is 7.99. The first-order valence-corrected chi connectivity index (χ1v) is 4.94. The molecule has 0 atom stereocenters. The number of amides is 1. The van der Waals surface area contributed by atoms with E-state index in [1.54, 1.807) is 0 Å². The predicted octanol–water partition coefficient (Wildman–Crippen LogP) is 1.34. The highest BCUT2D eigenvalue weighted by atomic mass is 19.1. The minimum absolute atomic E-state index is 0.0380.